The summed E-state index contributed by atoms with van der Waals surface area (Å²) < 4.78 is 5.48. The van der Waals surface area contributed by atoms with E-state index in [0.29, 0.717) is 22.7 Å². The molecule has 3 N–H and O–H groups in total. The summed E-state index contributed by atoms with van der Waals surface area (Å²) in [5.41, 5.74) is 2.39. The Hall–Kier alpha value is -3.61. The number of ether oxygens (including phenoxy) is 1. The highest BCUT2D eigenvalue weighted by Gasteiger charge is 2.23. The minimum Gasteiger partial charge on any atom is -0.479 e. The first-order valence-corrected chi connectivity index (χ1v) is 8.39. The van der Waals surface area contributed by atoms with Gasteiger partial charge in [0.25, 0.3) is 11.8 Å². The van der Waals surface area contributed by atoms with E-state index < -0.39 is 6.10 Å². The summed E-state index contributed by atoms with van der Waals surface area (Å²) in [4.78, 5) is 35.3. The zero-order chi connectivity index (χ0) is 19.4. The minimum atomic E-state index is -0.546. The van der Waals surface area contributed by atoms with Crippen molar-refractivity contribution in [2.75, 3.05) is 17.7 Å². The average molecular weight is 365 g/mol. The summed E-state index contributed by atoms with van der Waals surface area (Å²) in [6.07, 6.45) is 2.50. The lowest BCUT2D eigenvalue weighted by atomic mass is 10.1. The molecule has 0 bridgehead atoms. The molecule has 1 heterocycles. The largest absolute Gasteiger partial charge is 0.479 e. The lowest BCUT2D eigenvalue weighted by Gasteiger charge is -2.23. The molecule has 0 radical (unpaired) electrons. The number of hydrogen-bond donors (Lipinski definition) is 3. The van der Waals surface area contributed by atoms with E-state index in [4.69, 9.17) is 4.74 Å². The number of carbonyl (C=O) groups excluding carboxylic acids is 3. The Kier molecular flexibility index (Phi) is 5.21. The Balaban J connectivity index is 1.64. The van der Waals surface area contributed by atoms with E-state index in [0.717, 1.165) is 5.56 Å². The van der Waals surface area contributed by atoms with E-state index in [2.05, 4.69) is 16.0 Å². The molecule has 0 saturated carbocycles. The van der Waals surface area contributed by atoms with Crippen LogP contribution in [0.1, 0.15) is 22.8 Å². The highest BCUT2D eigenvalue weighted by Crippen LogP contribution is 2.32. The van der Waals surface area contributed by atoms with E-state index in [-0.39, 0.29) is 17.7 Å². The van der Waals surface area contributed by atoms with Crippen LogP contribution >= 0.6 is 0 Å². The SMILES string of the molecule is CNC(=O)c1ccc(/C=C/C(=O)Nc2ccc3c(c2)NC(=O)C(C)O3)cc1. The van der Waals surface area contributed by atoms with Crippen LogP contribution in [0.25, 0.3) is 6.08 Å². The summed E-state index contributed by atoms with van der Waals surface area (Å²) in [5, 5.41) is 8.01. The van der Waals surface area contributed by atoms with E-state index in [1.54, 1.807) is 62.5 Å². The molecule has 2 aromatic rings. The van der Waals surface area contributed by atoms with Gasteiger partial charge in [-0.2, -0.15) is 0 Å². The zero-order valence-corrected chi connectivity index (χ0v) is 14.9. The van der Waals surface area contributed by atoms with Gasteiger partial charge >= 0.3 is 0 Å². The second-order valence-electron chi connectivity index (χ2n) is 5.98. The van der Waals surface area contributed by atoms with Gasteiger partial charge in [-0.25, -0.2) is 0 Å². The number of fused-ring (bicyclic) bond motifs is 1. The van der Waals surface area contributed by atoms with Crippen LogP contribution in [-0.2, 0) is 9.59 Å². The summed E-state index contributed by atoms with van der Waals surface area (Å²) >= 11 is 0. The molecule has 7 heteroatoms. The Morgan fingerprint density at radius 2 is 1.89 bits per heavy atom. The van der Waals surface area contributed by atoms with Crippen molar-refractivity contribution in [2.45, 2.75) is 13.0 Å². The first kappa shape index (κ1) is 18.2. The smallest absolute Gasteiger partial charge is 0.265 e. The van der Waals surface area contributed by atoms with Gasteiger partial charge in [0.2, 0.25) is 5.91 Å². The van der Waals surface area contributed by atoms with Crippen LogP contribution in [0.4, 0.5) is 11.4 Å². The maximum atomic E-state index is 12.1. The molecule has 138 valence electrons. The number of carbonyl (C=O) groups is 3. The lowest BCUT2D eigenvalue weighted by molar-refractivity contribution is -0.122. The fraction of sp³-hybridized carbons (Fsp3) is 0.150. The molecule has 1 aliphatic rings. The van der Waals surface area contributed by atoms with Crippen molar-refractivity contribution in [1.82, 2.24) is 5.32 Å². The van der Waals surface area contributed by atoms with Crippen molar-refractivity contribution in [1.29, 1.82) is 0 Å². The quantitative estimate of drug-likeness (QED) is 0.725. The molecule has 27 heavy (non-hydrogen) atoms. The minimum absolute atomic E-state index is 0.166. The highest BCUT2D eigenvalue weighted by molar-refractivity contribution is 6.03. The summed E-state index contributed by atoms with van der Waals surface area (Å²) in [6, 6.07) is 11.9. The molecular weight excluding hydrogens is 346 g/mol. The van der Waals surface area contributed by atoms with Crippen LogP contribution in [0.5, 0.6) is 5.75 Å². The van der Waals surface area contributed by atoms with Gasteiger partial charge in [0.05, 0.1) is 5.69 Å². The maximum absolute atomic E-state index is 12.1. The molecule has 0 aliphatic carbocycles. The fourth-order valence-corrected chi connectivity index (χ4v) is 2.53. The van der Waals surface area contributed by atoms with Gasteiger partial charge < -0.3 is 20.7 Å². The molecule has 3 amide bonds. The summed E-state index contributed by atoms with van der Waals surface area (Å²) in [5.74, 6) is -0.152. The van der Waals surface area contributed by atoms with Crippen molar-refractivity contribution in [2.24, 2.45) is 0 Å². The van der Waals surface area contributed by atoms with Crippen molar-refractivity contribution in [3.05, 3.63) is 59.7 Å². The van der Waals surface area contributed by atoms with Crippen LogP contribution in [0.3, 0.4) is 0 Å². The van der Waals surface area contributed by atoms with Gasteiger partial charge in [-0.1, -0.05) is 12.1 Å². The molecule has 1 atom stereocenters. The van der Waals surface area contributed by atoms with Gasteiger partial charge in [-0.3, -0.25) is 14.4 Å². The molecule has 7 nitrogen and oxygen atoms in total. The Morgan fingerprint density at radius 3 is 2.59 bits per heavy atom. The van der Waals surface area contributed by atoms with Gasteiger partial charge in [-0.15, -0.1) is 0 Å². The highest BCUT2D eigenvalue weighted by atomic mass is 16.5. The second kappa shape index (κ2) is 7.74. The van der Waals surface area contributed by atoms with E-state index in [9.17, 15) is 14.4 Å². The molecule has 0 saturated heterocycles. The molecule has 1 aliphatic heterocycles. The third kappa shape index (κ3) is 4.33. The van der Waals surface area contributed by atoms with E-state index >= 15 is 0 Å². The molecule has 0 aromatic heterocycles. The molecule has 3 rings (SSSR count). The van der Waals surface area contributed by atoms with Gasteiger partial charge in [-0.05, 0) is 48.9 Å². The van der Waals surface area contributed by atoms with Gasteiger partial charge in [0, 0.05) is 24.4 Å². The van der Waals surface area contributed by atoms with Crippen LogP contribution in [0, 0.1) is 0 Å². The lowest BCUT2D eigenvalue weighted by Crippen LogP contribution is -2.34. The first-order valence-electron chi connectivity index (χ1n) is 8.39. The second-order valence-corrected chi connectivity index (χ2v) is 5.98. The Bertz CT molecular complexity index is 919. The average Bonchev–Trinajstić information content (AvgIpc) is 2.67. The van der Waals surface area contributed by atoms with Crippen LogP contribution in [0.15, 0.2) is 48.5 Å². The van der Waals surface area contributed by atoms with Crippen LogP contribution in [0.2, 0.25) is 0 Å². The Labute approximate surface area is 156 Å². The topological polar surface area (TPSA) is 96.5 Å². The molecule has 2 aromatic carbocycles. The number of benzene rings is 2. The maximum Gasteiger partial charge on any atom is 0.265 e. The van der Waals surface area contributed by atoms with Crippen molar-refractivity contribution in [3.63, 3.8) is 0 Å². The first-order chi connectivity index (χ1) is 13.0. The summed E-state index contributed by atoms with van der Waals surface area (Å²) in [6.45, 7) is 1.67. The standard InChI is InChI=1S/C20H19N3O4/c1-12-19(25)23-16-11-15(8-9-17(16)27-12)22-18(24)10-5-13-3-6-14(7-4-13)20(26)21-2/h3-12H,1-2H3,(H,21,26)(H,22,24)(H,23,25)/b10-5+. The van der Waals surface area contributed by atoms with E-state index in [1.165, 1.54) is 6.08 Å². The van der Waals surface area contributed by atoms with Crippen LogP contribution in [-0.4, -0.2) is 30.9 Å². The van der Waals surface area contributed by atoms with E-state index in [1.807, 2.05) is 0 Å². The monoisotopic (exact) mass is 365 g/mol. The normalized spacial score (nSPS) is 15.5. The molecule has 0 fully saturated rings. The summed E-state index contributed by atoms with van der Waals surface area (Å²) in [7, 11) is 1.57. The van der Waals surface area contributed by atoms with Gasteiger partial charge in [0.1, 0.15) is 5.75 Å². The van der Waals surface area contributed by atoms with Crippen molar-refractivity contribution in [3.8, 4) is 5.75 Å². The third-order valence-electron chi connectivity index (χ3n) is 4.01. The number of rotatable bonds is 4. The Morgan fingerprint density at radius 1 is 1.15 bits per heavy atom. The number of nitrogens with one attached hydrogen (secondary N) is 3. The third-order valence-corrected chi connectivity index (χ3v) is 4.01. The number of hydrogen-bond acceptors (Lipinski definition) is 4. The van der Waals surface area contributed by atoms with Gasteiger partial charge in [0.15, 0.2) is 6.10 Å². The molecule has 1 unspecified atom stereocenters. The fourth-order valence-electron chi connectivity index (χ4n) is 2.53. The predicted molar refractivity (Wildman–Crippen MR) is 103 cm³/mol. The number of anilines is 2. The van der Waals surface area contributed by atoms with Crippen LogP contribution < -0.4 is 20.7 Å². The zero-order valence-electron chi connectivity index (χ0n) is 14.9. The number of amides is 3. The van der Waals surface area contributed by atoms with Crippen molar-refractivity contribution >= 4 is 35.2 Å². The predicted octanol–water partition coefficient (Wildman–Crippen LogP) is 2.42. The molecular formula is C20H19N3O4. The molecule has 0 spiro atoms. The van der Waals surface area contributed by atoms with Crippen molar-refractivity contribution < 1.29 is 19.1 Å².